The topological polar surface area (TPSA) is 9.23 Å². The van der Waals surface area contributed by atoms with Crippen molar-refractivity contribution in [2.75, 3.05) is 0 Å². The van der Waals surface area contributed by atoms with Crippen molar-refractivity contribution in [3.05, 3.63) is 115 Å². The summed E-state index contributed by atoms with van der Waals surface area (Å²) in [4.78, 5) is 0. The van der Waals surface area contributed by atoms with Gasteiger partial charge in [-0.1, -0.05) is 103 Å². The molecule has 0 spiro atoms. The second kappa shape index (κ2) is 9.49. The summed E-state index contributed by atoms with van der Waals surface area (Å²) in [5.41, 5.74) is 4.89. The Balaban J connectivity index is 2.29. The first-order chi connectivity index (χ1) is 13.7. The molecule has 2 heteroatoms. The molecule has 0 unspecified atom stereocenters. The van der Waals surface area contributed by atoms with Gasteiger partial charge >= 0.3 is 0 Å². The van der Waals surface area contributed by atoms with Gasteiger partial charge < -0.3 is 4.43 Å². The lowest BCUT2D eigenvalue weighted by Crippen LogP contribution is -2.61. The molecule has 0 amide bonds. The maximum absolute atomic E-state index is 6.84. The van der Waals surface area contributed by atoms with E-state index in [4.69, 9.17) is 4.43 Å². The Kier molecular flexibility index (Phi) is 6.80. The van der Waals surface area contributed by atoms with Crippen LogP contribution in [0.3, 0.4) is 0 Å². The van der Waals surface area contributed by atoms with Crippen LogP contribution >= 0.6 is 0 Å². The number of hydrogen-bond donors (Lipinski definition) is 0. The normalized spacial score (nSPS) is 12.2. The minimum Gasteiger partial charge on any atom is -0.402 e. The smallest absolute Gasteiger partial charge is 0.281 e. The minimum atomic E-state index is -2.60. The van der Waals surface area contributed by atoms with Crippen molar-refractivity contribution in [1.82, 2.24) is 0 Å². The Morgan fingerprint density at radius 2 is 1.29 bits per heavy atom. The summed E-state index contributed by atoms with van der Waals surface area (Å²) in [6.45, 7) is 8.24. The highest BCUT2D eigenvalue weighted by atomic mass is 28.4. The maximum Gasteiger partial charge on any atom is 0.281 e. The van der Waals surface area contributed by atoms with Crippen LogP contribution in [0.1, 0.15) is 25.8 Å². The van der Waals surface area contributed by atoms with Crippen molar-refractivity contribution >= 4 is 24.3 Å². The van der Waals surface area contributed by atoms with Crippen molar-refractivity contribution in [2.45, 2.75) is 26.4 Å². The number of allylic oxidation sites excluding steroid dienone is 2. The van der Waals surface area contributed by atoms with E-state index in [2.05, 4.69) is 117 Å². The minimum absolute atomic E-state index is 0.115. The van der Waals surface area contributed by atoms with Gasteiger partial charge in [0.15, 0.2) is 0 Å². The fourth-order valence-electron chi connectivity index (χ4n) is 3.56. The highest BCUT2D eigenvalue weighted by Gasteiger charge is 2.39. The van der Waals surface area contributed by atoms with Crippen LogP contribution in [0.15, 0.2) is 109 Å². The first-order valence-corrected chi connectivity index (χ1v) is 11.8. The van der Waals surface area contributed by atoms with E-state index in [-0.39, 0.29) is 6.10 Å². The zero-order valence-corrected chi connectivity index (χ0v) is 17.7. The maximum atomic E-state index is 6.84. The first-order valence-electron chi connectivity index (χ1n) is 9.82. The Morgan fingerprint density at radius 3 is 1.71 bits per heavy atom. The van der Waals surface area contributed by atoms with E-state index in [0.717, 1.165) is 6.42 Å². The monoisotopic (exact) mass is 384 g/mol. The molecular formula is C26H28OSi. The van der Waals surface area contributed by atoms with Crippen LogP contribution in [0.5, 0.6) is 0 Å². The van der Waals surface area contributed by atoms with Gasteiger partial charge in [-0.25, -0.2) is 0 Å². The second-order valence-electron chi connectivity index (χ2n) is 7.16. The van der Waals surface area contributed by atoms with Crippen molar-refractivity contribution in [3.8, 4) is 0 Å². The molecule has 0 atom stereocenters. The summed E-state index contributed by atoms with van der Waals surface area (Å²) in [6.07, 6.45) is 2.90. The predicted molar refractivity (Wildman–Crippen MR) is 123 cm³/mol. The largest absolute Gasteiger partial charge is 0.402 e. The Hall–Kier alpha value is -2.68. The first kappa shape index (κ1) is 20.1. The lowest BCUT2D eigenvalue weighted by molar-refractivity contribution is 0.244. The highest BCUT2D eigenvalue weighted by molar-refractivity contribution is 7.01. The van der Waals surface area contributed by atoms with E-state index < -0.39 is 8.32 Å². The van der Waals surface area contributed by atoms with Crippen molar-refractivity contribution in [3.63, 3.8) is 0 Å². The summed E-state index contributed by atoms with van der Waals surface area (Å²) >= 11 is 0. The summed E-state index contributed by atoms with van der Waals surface area (Å²) in [6, 6.07) is 31.9. The molecule has 142 valence electrons. The molecular weight excluding hydrogens is 356 g/mol. The predicted octanol–water partition coefficient (Wildman–Crippen LogP) is 5.37. The lowest BCUT2D eigenvalue weighted by Gasteiger charge is -2.32. The van der Waals surface area contributed by atoms with E-state index in [1.807, 2.05) is 6.08 Å². The van der Waals surface area contributed by atoms with E-state index in [1.54, 1.807) is 0 Å². The molecule has 1 nitrogen and oxygen atoms in total. The molecule has 0 aliphatic carbocycles. The molecule has 0 radical (unpaired) electrons. The van der Waals surface area contributed by atoms with Crippen molar-refractivity contribution < 1.29 is 4.43 Å². The Bertz CT molecular complexity index is 859. The molecule has 0 aromatic heterocycles. The van der Waals surface area contributed by atoms with Gasteiger partial charge in [0.1, 0.15) is 0 Å². The van der Waals surface area contributed by atoms with Gasteiger partial charge in [-0.15, -0.1) is 6.58 Å². The van der Waals surface area contributed by atoms with Crippen molar-refractivity contribution in [1.29, 1.82) is 0 Å². The zero-order valence-electron chi connectivity index (χ0n) is 16.7. The summed E-state index contributed by atoms with van der Waals surface area (Å²) in [5, 5.41) is 2.51. The standard InChI is InChI=1S/C26H28OSi/c1-4-14-24(23-15-8-5-9-16-23)21-28(27-22(2)3,25-17-10-6-11-18-25)26-19-12-7-13-20-26/h4-13,15-22H,1,14H2,2-3H3/b24-21+. The van der Waals surface area contributed by atoms with Crippen LogP contribution in [0.2, 0.25) is 0 Å². The summed E-state index contributed by atoms with van der Waals surface area (Å²) < 4.78 is 6.84. The zero-order chi connectivity index (χ0) is 19.8. The molecule has 0 saturated heterocycles. The Morgan fingerprint density at radius 1 is 0.821 bits per heavy atom. The molecule has 3 aromatic rings. The van der Waals surface area contributed by atoms with Gasteiger partial charge in [-0.3, -0.25) is 0 Å². The molecule has 0 saturated carbocycles. The van der Waals surface area contributed by atoms with Crippen LogP contribution < -0.4 is 10.4 Å². The van der Waals surface area contributed by atoms with Gasteiger partial charge in [0.05, 0.1) is 0 Å². The fraction of sp³-hybridized carbons (Fsp3) is 0.154. The quantitative estimate of drug-likeness (QED) is 0.375. The fourth-order valence-corrected chi connectivity index (χ4v) is 7.46. The van der Waals surface area contributed by atoms with Crippen LogP contribution in [0.25, 0.3) is 5.57 Å². The molecule has 0 aliphatic heterocycles. The van der Waals surface area contributed by atoms with Crippen molar-refractivity contribution in [2.24, 2.45) is 0 Å². The molecule has 0 aliphatic rings. The van der Waals surface area contributed by atoms with Gasteiger partial charge in [0.2, 0.25) is 0 Å². The number of benzene rings is 3. The molecule has 0 N–H and O–H groups in total. The molecule has 3 aromatic carbocycles. The second-order valence-corrected chi connectivity index (χ2v) is 10.3. The van der Waals surface area contributed by atoms with Gasteiger partial charge in [0, 0.05) is 6.10 Å². The van der Waals surface area contributed by atoms with Crippen LogP contribution in [-0.2, 0) is 4.43 Å². The SMILES string of the molecule is C=CC/C(=C\[Si](OC(C)C)(c1ccccc1)c1ccccc1)c1ccccc1. The van der Waals surface area contributed by atoms with E-state index in [0.29, 0.717) is 0 Å². The van der Waals surface area contributed by atoms with E-state index in [1.165, 1.54) is 21.5 Å². The third-order valence-electron chi connectivity index (χ3n) is 4.71. The van der Waals surface area contributed by atoms with Crippen LogP contribution in [-0.4, -0.2) is 14.4 Å². The third kappa shape index (κ3) is 4.59. The molecule has 0 fully saturated rings. The number of hydrogen-bond acceptors (Lipinski definition) is 1. The highest BCUT2D eigenvalue weighted by Crippen LogP contribution is 2.24. The Labute approximate surface area is 170 Å². The third-order valence-corrected chi connectivity index (χ3v) is 8.69. The average molecular weight is 385 g/mol. The molecule has 3 rings (SSSR count). The lowest BCUT2D eigenvalue weighted by atomic mass is 10.1. The van der Waals surface area contributed by atoms with E-state index >= 15 is 0 Å². The van der Waals surface area contributed by atoms with Crippen LogP contribution in [0, 0.1) is 0 Å². The molecule has 0 bridgehead atoms. The van der Waals surface area contributed by atoms with Gasteiger partial charge in [-0.05, 0) is 41.8 Å². The van der Waals surface area contributed by atoms with Gasteiger partial charge in [0.25, 0.3) is 8.32 Å². The summed E-state index contributed by atoms with van der Waals surface area (Å²) in [5.74, 6) is 0. The summed E-state index contributed by atoms with van der Waals surface area (Å²) in [7, 11) is -2.60. The van der Waals surface area contributed by atoms with Crippen LogP contribution in [0.4, 0.5) is 0 Å². The average Bonchev–Trinajstić information content (AvgIpc) is 2.74. The van der Waals surface area contributed by atoms with Gasteiger partial charge in [-0.2, -0.15) is 0 Å². The number of rotatable bonds is 8. The molecule has 0 heterocycles. The molecule has 28 heavy (non-hydrogen) atoms. The van der Waals surface area contributed by atoms with E-state index in [9.17, 15) is 0 Å².